The summed E-state index contributed by atoms with van der Waals surface area (Å²) >= 11 is 0. The number of carbonyl (C=O) groups excluding carboxylic acids is 2. The van der Waals surface area contributed by atoms with Gasteiger partial charge in [-0.3, -0.25) is 9.59 Å². The first-order valence-corrected chi connectivity index (χ1v) is 8.89. The first-order valence-electron chi connectivity index (χ1n) is 8.89. The van der Waals surface area contributed by atoms with E-state index in [0.717, 1.165) is 5.56 Å². The Morgan fingerprint density at radius 1 is 1.00 bits per heavy atom. The van der Waals surface area contributed by atoms with Crippen LogP contribution in [0.3, 0.4) is 0 Å². The van der Waals surface area contributed by atoms with Crippen molar-refractivity contribution in [2.45, 2.75) is 19.5 Å². The number of nitrogens with zero attached hydrogens (tertiary/aromatic N) is 1. The maximum atomic E-state index is 12.9. The van der Waals surface area contributed by atoms with Gasteiger partial charge in [0.05, 0.1) is 14.2 Å². The lowest BCUT2D eigenvalue weighted by Gasteiger charge is -2.28. The van der Waals surface area contributed by atoms with Crippen molar-refractivity contribution in [3.8, 4) is 17.2 Å². The molecule has 0 aliphatic heterocycles. The van der Waals surface area contributed by atoms with Gasteiger partial charge in [-0.2, -0.15) is 0 Å². The van der Waals surface area contributed by atoms with Gasteiger partial charge in [-0.1, -0.05) is 30.3 Å². The molecular weight excluding hydrogens is 360 g/mol. The first-order chi connectivity index (χ1) is 13.5. The Labute approximate surface area is 165 Å². The van der Waals surface area contributed by atoms with Crippen LogP contribution in [0, 0.1) is 0 Å². The smallest absolute Gasteiger partial charge is 0.261 e. The zero-order valence-electron chi connectivity index (χ0n) is 16.6. The Morgan fingerprint density at radius 3 is 2.11 bits per heavy atom. The number of hydrogen-bond donors (Lipinski definition) is 1. The van der Waals surface area contributed by atoms with Crippen LogP contribution in [-0.2, 0) is 16.1 Å². The number of amides is 2. The summed E-state index contributed by atoms with van der Waals surface area (Å²) in [6, 6.07) is 13.9. The molecule has 0 aromatic heterocycles. The third-order valence-corrected chi connectivity index (χ3v) is 4.30. The van der Waals surface area contributed by atoms with E-state index in [1.54, 1.807) is 32.2 Å². The van der Waals surface area contributed by atoms with E-state index in [2.05, 4.69) is 5.32 Å². The van der Waals surface area contributed by atoms with Crippen molar-refractivity contribution >= 4 is 11.8 Å². The van der Waals surface area contributed by atoms with Gasteiger partial charge in [-0.05, 0) is 12.5 Å². The molecule has 0 fully saturated rings. The molecule has 0 spiro atoms. The van der Waals surface area contributed by atoms with Crippen molar-refractivity contribution in [2.75, 3.05) is 27.9 Å². The normalized spacial score (nSPS) is 11.3. The molecule has 150 valence electrons. The Balaban J connectivity index is 2.14. The number of benzene rings is 2. The van der Waals surface area contributed by atoms with Gasteiger partial charge in [-0.15, -0.1) is 0 Å². The Morgan fingerprint density at radius 2 is 1.57 bits per heavy atom. The highest BCUT2D eigenvalue weighted by atomic mass is 16.5. The van der Waals surface area contributed by atoms with Crippen LogP contribution >= 0.6 is 0 Å². The Hall–Kier alpha value is -3.22. The minimum absolute atomic E-state index is 0.218. The summed E-state index contributed by atoms with van der Waals surface area (Å²) < 4.78 is 16.1. The van der Waals surface area contributed by atoms with Gasteiger partial charge < -0.3 is 24.4 Å². The average molecular weight is 386 g/mol. The summed E-state index contributed by atoms with van der Waals surface area (Å²) in [7, 11) is 4.62. The zero-order valence-corrected chi connectivity index (χ0v) is 16.6. The number of rotatable bonds is 9. The molecule has 1 atom stereocenters. The van der Waals surface area contributed by atoms with Crippen LogP contribution in [0.25, 0.3) is 0 Å². The van der Waals surface area contributed by atoms with Crippen LogP contribution in [0.5, 0.6) is 17.2 Å². The molecule has 0 saturated carbocycles. The molecule has 2 aromatic carbocycles. The maximum absolute atomic E-state index is 12.9. The van der Waals surface area contributed by atoms with Crippen molar-refractivity contribution in [1.82, 2.24) is 10.2 Å². The molecule has 2 aromatic rings. The molecule has 2 amide bonds. The summed E-state index contributed by atoms with van der Waals surface area (Å²) in [5.74, 6) is 1.01. The van der Waals surface area contributed by atoms with E-state index in [1.807, 2.05) is 30.3 Å². The number of ether oxygens (including phenoxy) is 3. The van der Waals surface area contributed by atoms with E-state index >= 15 is 0 Å². The van der Waals surface area contributed by atoms with E-state index in [0.29, 0.717) is 23.8 Å². The second-order valence-electron chi connectivity index (χ2n) is 6.13. The quantitative estimate of drug-likeness (QED) is 0.715. The van der Waals surface area contributed by atoms with Gasteiger partial charge in [0.15, 0.2) is 6.61 Å². The van der Waals surface area contributed by atoms with Gasteiger partial charge in [0, 0.05) is 31.8 Å². The molecular formula is C21H26N2O5. The number of hydrogen-bond acceptors (Lipinski definition) is 5. The van der Waals surface area contributed by atoms with Crippen LogP contribution in [0.2, 0.25) is 0 Å². The maximum Gasteiger partial charge on any atom is 0.261 e. The van der Waals surface area contributed by atoms with Crippen molar-refractivity contribution in [2.24, 2.45) is 0 Å². The highest BCUT2D eigenvalue weighted by molar-refractivity contribution is 5.87. The van der Waals surface area contributed by atoms with Crippen LogP contribution in [0.1, 0.15) is 12.5 Å². The summed E-state index contributed by atoms with van der Waals surface area (Å²) in [6.45, 7) is 1.78. The van der Waals surface area contributed by atoms with Gasteiger partial charge in [0.1, 0.15) is 23.3 Å². The SMILES string of the molecule is CNC(=O)C(C)N(Cc1ccccc1)C(=O)COc1cc(OC)cc(OC)c1. The number of nitrogens with one attached hydrogen (secondary N) is 1. The zero-order chi connectivity index (χ0) is 20.5. The van der Waals surface area contributed by atoms with Gasteiger partial charge in [-0.25, -0.2) is 0 Å². The largest absolute Gasteiger partial charge is 0.496 e. The van der Waals surface area contributed by atoms with Crippen LogP contribution in [0.4, 0.5) is 0 Å². The van der Waals surface area contributed by atoms with Crippen molar-refractivity contribution in [1.29, 1.82) is 0 Å². The molecule has 0 heterocycles. The lowest BCUT2D eigenvalue weighted by molar-refractivity contribution is -0.142. The number of likely N-dealkylation sites (N-methyl/N-ethyl adjacent to an activating group) is 1. The number of carbonyl (C=O) groups is 2. The number of methoxy groups -OCH3 is 2. The summed E-state index contributed by atoms with van der Waals surface area (Å²) in [4.78, 5) is 26.5. The van der Waals surface area contributed by atoms with Crippen molar-refractivity contribution in [3.05, 3.63) is 54.1 Å². The third kappa shape index (κ3) is 5.64. The second-order valence-corrected chi connectivity index (χ2v) is 6.13. The molecule has 2 rings (SSSR count). The molecule has 7 nitrogen and oxygen atoms in total. The van der Waals surface area contributed by atoms with Crippen LogP contribution in [-0.4, -0.2) is 50.6 Å². The predicted octanol–water partition coefficient (Wildman–Crippen LogP) is 2.25. The topological polar surface area (TPSA) is 77.1 Å². The molecule has 1 N–H and O–H groups in total. The molecule has 0 radical (unpaired) electrons. The highest BCUT2D eigenvalue weighted by Gasteiger charge is 2.25. The highest BCUT2D eigenvalue weighted by Crippen LogP contribution is 2.27. The fourth-order valence-corrected chi connectivity index (χ4v) is 2.66. The van der Waals surface area contributed by atoms with Gasteiger partial charge in [0.2, 0.25) is 5.91 Å². The second kappa shape index (κ2) is 10.2. The first kappa shape index (κ1) is 21.1. The molecule has 0 saturated heterocycles. The predicted molar refractivity (Wildman–Crippen MR) is 106 cm³/mol. The lowest BCUT2D eigenvalue weighted by atomic mass is 10.1. The Kier molecular flexibility index (Phi) is 7.68. The fraction of sp³-hybridized carbons (Fsp3) is 0.333. The minimum atomic E-state index is -0.638. The minimum Gasteiger partial charge on any atom is -0.496 e. The summed E-state index contributed by atoms with van der Waals surface area (Å²) in [5.41, 5.74) is 0.926. The van der Waals surface area contributed by atoms with E-state index in [1.165, 1.54) is 19.1 Å². The van der Waals surface area contributed by atoms with Gasteiger partial charge in [0.25, 0.3) is 5.91 Å². The summed E-state index contributed by atoms with van der Waals surface area (Å²) in [5, 5.41) is 2.58. The lowest BCUT2D eigenvalue weighted by Crippen LogP contribution is -2.48. The van der Waals surface area contributed by atoms with Crippen molar-refractivity contribution < 1.29 is 23.8 Å². The molecule has 1 unspecified atom stereocenters. The third-order valence-electron chi connectivity index (χ3n) is 4.30. The summed E-state index contributed by atoms with van der Waals surface area (Å²) in [6.07, 6.45) is 0. The van der Waals surface area contributed by atoms with Crippen LogP contribution < -0.4 is 19.5 Å². The van der Waals surface area contributed by atoms with Crippen LogP contribution in [0.15, 0.2) is 48.5 Å². The van der Waals surface area contributed by atoms with E-state index in [4.69, 9.17) is 14.2 Å². The molecule has 0 aliphatic rings. The average Bonchev–Trinajstić information content (AvgIpc) is 2.75. The van der Waals surface area contributed by atoms with E-state index < -0.39 is 6.04 Å². The monoisotopic (exact) mass is 386 g/mol. The van der Waals surface area contributed by atoms with E-state index in [-0.39, 0.29) is 18.4 Å². The Bertz CT molecular complexity index is 772. The van der Waals surface area contributed by atoms with Crippen molar-refractivity contribution in [3.63, 3.8) is 0 Å². The molecule has 0 aliphatic carbocycles. The fourth-order valence-electron chi connectivity index (χ4n) is 2.66. The van der Waals surface area contributed by atoms with Gasteiger partial charge >= 0.3 is 0 Å². The molecule has 7 heteroatoms. The molecule has 28 heavy (non-hydrogen) atoms. The standard InChI is InChI=1S/C21H26N2O5/c1-15(21(25)22-2)23(13-16-8-6-5-7-9-16)20(24)14-28-19-11-17(26-3)10-18(12-19)27-4/h5-12,15H,13-14H2,1-4H3,(H,22,25). The molecule has 0 bridgehead atoms. The van der Waals surface area contributed by atoms with E-state index in [9.17, 15) is 9.59 Å².